The number of alkyl halides is 3. The number of halogens is 3. The van der Waals surface area contributed by atoms with Crippen molar-refractivity contribution in [3.63, 3.8) is 0 Å². The van der Waals surface area contributed by atoms with Crippen LogP contribution in [0.25, 0.3) is 0 Å². The molecule has 0 radical (unpaired) electrons. The lowest BCUT2D eigenvalue weighted by molar-refractivity contribution is -0.143. The minimum absolute atomic E-state index is 0.0790. The van der Waals surface area contributed by atoms with Gasteiger partial charge in [0.05, 0.1) is 18.8 Å². The Kier molecular flexibility index (Phi) is 8.20. The Morgan fingerprint density at radius 1 is 1.19 bits per heavy atom. The second-order valence-corrected chi connectivity index (χ2v) is 8.42. The number of ether oxygens (including phenoxy) is 3. The molecule has 0 spiro atoms. The van der Waals surface area contributed by atoms with E-state index in [1.54, 1.807) is 32.6 Å². The molecule has 174 valence electrons. The third-order valence-electron chi connectivity index (χ3n) is 4.71. The number of likely N-dealkylation sites (tertiary alicyclic amines) is 1. The van der Waals surface area contributed by atoms with E-state index in [4.69, 9.17) is 14.2 Å². The average molecular weight is 445 g/mol. The smallest absolute Gasteiger partial charge is 0.416 e. The van der Waals surface area contributed by atoms with Gasteiger partial charge in [0, 0.05) is 25.4 Å². The van der Waals surface area contributed by atoms with E-state index in [9.17, 15) is 22.8 Å². The van der Waals surface area contributed by atoms with E-state index < -0.39 is 23.4 Å². The number of hydrogen-bond donors (Lipinski definition) is 0. The molecule has 6 nitrogen and oxygen atoms in total. The van der Waals surface area contributed by atoms with Gasteiger partial charge in [0.2, 0.25) is 0 Å². The van der Waals surface area contributed by atoms with Crippen molar-refractivity contribution >= 4 is 12.1 Å². The number of rotatable bonds is 7. The van der Waals surface area contributed by atoms with Gasteiger partial charge < -0.3 is 19.1 Å². The van der Waals surface area contributed by atoms with Crippen LogP contribution in [0.2, 0.25) is 0 Å². The number of benzene rings is 1. The van der Waals surface area contributed by atoms with Crippen LogP contribution in [0.4, 0.5) is 18.0 Å². The maximum atomic E-state index is 13.2. The maximum absolute atomic E-state index is 13.2. The first-order chi connectivity index (χ1) is 14.4. The number of hydrogen-bond acceptors (Lipinski definition) is 5. The van der Waals surface area contributed by atoms with Crippen LogP contribution in [0.15, 0.2) is 18.2 Å². The molecule has 1 heterocycles. The first-order valence-corrected chi connectivity index (χ1v) is 10.4. The van der Waals surface area contributed by atoms with Crippen LogP contribution >= 0.6 is 0 Å². The zero-order valence-electron chi connectivity index (χ0n) is 18.4. The summed E-state index contributed by atoms with van der Waals surface area (Å²) in [6, 6.07) is 3.42. The van der Waals surface area contributed by atoms with Gasteiger partial charge in [0.1, 0.15) is 11.4 Å². The molecule has 1 aromatic rings. The predicted molar refractivity (Wildman–Crippen MR) is 108 cm³/mol. The molecule has 2 rings (SSSR count). The zero-order chi connectivity index (χ0) is 23.2. The minimum atomic E-state index is -4.50. The average Bonchev–Trinajstić information content (AvgIpc) is 3.13. The Morgan fingerprint density at radius 3 is 2.52 bits per heavy atom. The Morgan fingerprint density at radius 2 is 1.90 bits per heavy atom. The lowest BCUT2D eigenvalue weighted by Gasteiger charge is -2.24. The van der Waals surface area contributed by atoms with E-state index in [0.717, 1.165) is 12.1 Å². The summed E-state index contributed by atoms with van der Waals surface area (Å²) in [5, 5.41) is 0. The molecule has 1 aromatic carbocycles. The molecule has 1 unspecified atom stereocenters. The molecule has 1 saturated heterocycles. The largest absolute Gasteiger partial charge is 0.493 e. The third kappa shape index (κ3) is 7.63. The molecule has 31 heavy (non-hydrogen) atoms. The summed E-state index contributed by atoms with van der Waals surface area (Å²) in [6.45, 7) is 8.15. The fraction of sp³-hybridized carbons (Fsp3) is 0.636. The van der Waals surface area contributed by atoms with E-state index >= 15 is 0 Å². The fourth-order valence-corrected chi connectivity index (χ4v) is 3.31. The molecule has 0 aromatic heterocycles. The number of nitrogens with zero attached hydrogens (tertiary/aromatic N) is 1. The summed E-state index contributed by atoms with van der Waals surface area (Å²) in [4.78, 5) is 25.3. The summed E-state index contributed by atoms with van der Waals surface area (Å²) in [6.07, 6.45) is -3.91. The van der Waals surface area contributed by atoms with Gasteiger partial charge in [-0.1, -0.05) is 6.07 Å². The van der Waals surface area contributed by atoms with Crippen LogP contribution in [-0.4, -0.2) is 48.9 Å². The van der Waals surface area contributed by atoms with Gasteiger partial charge in [-0.25, -0.2) is 4.79 Å². The molecule has 1 aliphatic heterocycles. The summed E-state index contributed by atoms with van der Waals surface area (Å²) in [5.41, 5.74) is -0.828. The van der Waals surface area contributed by atoms with Crippen LogP contribution in [-0.2, 0) is 20.4 Å². The number of carbonyl (C=O) groups excluding carboxylic acids is 2. The van der Waals surface area contributed by atoms with E-state index in [2.05, 4.69) is 0 Å². The van der Waals surface area contributed by atoms with Crippen molar-refractivity contribution in [2.75, 3.05) is 26.3 Å². The molecule has 1 amide bonds. The zero-order valence-corrected chi connectivity index (χ0v) is 18.4. The summed E-state index contributed by atoms with van der Waals surface area (Å²) in [5.74, 6) is -0.427. The van der Waals surface area contributed by atoms with Gasteiger partial charge >= 0.3 is 18.2 Å². The van der Waals surface area contributed by atoms with E-state index in [1.165, 1.54) is 6.07 Å². The van der Waals surface area contributed by atoms with Crippen molar-refractivity contribution in [1.82, 2.24) is 4.90 Å². The molecular weight excluding hydrogens is 415 g/mol. The summed E-state index contributed by atoms with van der Waals surface area (Å²) < 4.78 is 55.5. The topological polar surface area (TPSA) is 65.1 Å². The normalized spacial score (nSPS) is 16.9. The van der Waals surface area contributed by atoms with Crippen molar-refractivity contribution in [3.8, 4) is 5.75 Å². The Hall–Kier alpha value is -2.45. The molecule has 1 fully saturated rings. The van der Waals surface area contributed by atoms with Crippen LogP contribution in [0, 0.1) is 0 Å². The Bertz CT molecular complexity index is 773. The summed E-state index contributed by atoms with van der Waals surface area (Å²) >= 11 is 0. The molecule has 0 saturated carbocycles. The van der Waals surface area contributed by atoms with E-state index in [-0.39, 0.29) is 37.3 Å². The highest BCUT2D eigenvalue weighted by atomic mass is 19.4. The number of esters is 1. The van der Waals surface area contributed by atoms with E-state index in [0.29, 0.717) is 31.5 Å². The molecule has 0 N–H and O–H groups in total. The molecule has 0 aliphatic carbocycles. The number of amides is 1. The first kappa shape index (κ1) is 24.8. The highest BCUT2D eigenvalue weighted by Gasteiger charge is 2.35. The third-order valence-corrected chi connectivity index (χ3v) is 4.71. The fourth-order valence-electron chi connectivity index (χ4n) is 3.31. The van der Waals surface area contributed by atoms with Gasteiger partial charge in [-0.15, -0.1) is 0 Å². The van der Waals surface area contributed by atoms with Crippen LogP contribution in [0.3, 0.4) is 0 Å². The molecular formula is C22H30F3NO5. The quantitative estimate of drug-likeness (QED) is 0.429. The molecule has 0 bridgehead atoms. The van der Waals surface area contributed by atoms with Crippen LogP contribution in [0.1, 0.15) is 64.0 Å². The van der Waals surface area contributed by atoms with Crippen molar-refractivity contribution in [2.24, 2.45) is 0 Å². The van der Waals surface area contributed by atoms with E-state index in [1.807, 2.05) is 0 Å². The van der Waals surface area contributed by atoms with Gasteiger partial charge in [0.15, 0.2) is 0 Å². The highest BCUT2D eigenvalue weighted by Crippen LogP contribution is 2.38. The van der Waals surface area contributed by atoms with Crippen LogP contribution < -0.4 is 4.74 Å². The standard InChI is InChI=1S/C22H30F3NO5/c1-5-29-19(27)7-6-12-30-18-13-16(22(23,24)25)8-9-17(18)15-10-11-26(14-15)20(28)31-21(2,3)4/h8-9,13,15H,5-7,10-12,14H2,1-4H3. The number of carbonyl (C=O) groups is 2. The minimum Gasteiger partial charge on any atom is -0.493 e. The Balaban J connectivity index is 2.11. The maximum Gasteiger partial charge on any atom is 0.416 e. The first-order valence-electron chi connectivity index (χ1n) is 10.4. The van der Waals surface area contributed by atoms with Gasteiger partial charge in [-0.05, 0) is 58.2 Å². The van der Waals surface area contributed by atoms with Gasteiger partial charge in [-0.3, -0.25) is 4.79 Å². The monoisotopic (exact) mass is 445 g/mol. The highest BCUT2D eigenvalue weighted by molar-refractivity contribution is 5.69. The van der Waals surface area contributed by atoms with Crippen molar-refractivity contribution in [2.45, 2.75) is 64.7 Å². The van der Waals surface area contributed by atoms with Gasteiger partial charge in [-0.2, -0.15) is 13.2 Å². The van der Waals surface area contributed by atoms with Gasteiger partial charge in [0.25, 0.3) is 0 Å². The van der Waals surface area contributed by atoms with Crippen LogP contribution in [0.5, 0.6) is 5.75 Å². The molecule has 9 heteroatoms. The van der Waals surface area contributed by atoms with Crippen molar-refractivity contribution < 1.29 is 37.0 Å². The van der Waals surface area contributed by atoms with Crippen molar-refractivity contribution in [3.05, 3.63) is 29.3 Å². The summed E-state index contributed by atoms with van der Waals surface area (Å²) in [7, 11) is 0. The predicted octanol–water partition coefficient (Wildman–Crippen LogP) is 5.15. The lowest BCUT2D eigenvalue weighted by Crippen LogP contribution is -2.35. The van der Waals surface area contributed by atoms with Crippen molar-refractivity contribution in [1.29, 1.82) is 0 Å². The molecule has 1 atom stereocenters. The molecule has 1 aliphatic rings. The Labute approximate surface area is 180 Å². The lowest BCUT2D eigenvalue weighted by atomic mass is 9.96. The second kappa shape index (κ2) is 10.2. The SMILES string of the molecule is CCOC(=O)CCCOc1cc(C(F)(F)F)ccc1C1CCN(C(=O)OC(C)(C)C)C1. The second-order valence-electron chi connectivity index (χ2n) is 8.42.